The normalized spacial score (nSPS) is 12.6. The second-order valence-corrected chi connectivity index (χ2v) is 8.62. The zero-order valence-electron chi connectivity index (χ0n) is 20.5. The lowest BCUT2D eigenvalue weighted by Gasteiger charge is -2.12. The van der Waals surface area contributed by atoms with Crippen LogP contribution in [0.5, 0.6) is 0 Å². The molecule has 0 saturated carbocycles. The quantitative estimate of drug-likeness (QED) is 0.0602. The van der Waals surface area contributed by atoms with Crippen molar-refractivity contribution in [1.29, 1.82) is 0 Å². The molecule has 1 unspecified atom stereocenters. The molecule has 0 fully saturated rings. The van der Waals surface area contributed by atoms with Crippen molar-refractivity contribution in [2.45, 2.75) is 96.6 Å². The van der Waals surface area contributed by atoms with Crippen LogP contribution in [0.1, 0.15) is 84.0 Å². The van der Waals surface area contributed by atoms with Gasteiger partial charge in [0.25, 0.3) is 0 Å². The van der Waals surface area contributed by atoms with Gasteiger partial charge in [0.1, 0.15) is 0 Å². The monoisotopic (exact) mass is 570 g/mol. The maximum atomic E-state index is 5.58. The third-order valence-electron chi connectivity index (χ3n) is 4.69. The standard InChI is InChI=1S/C21H39BrO2.C4H9BrO2/c1-3-4-5-6-7-8-9-10-11-12-13-14-15-16-17-18-19-24-21(20-22)23-2;1-6-4(3-5)7-2/h7-8,10-11,21H,3-6,9,12-20H2,1-2H3;4H,3H2,1-2H3/b8-7-,11-10-;. The molecule has 0 aliphatic rings. The largest absolute Gasteiger partial charge is 0.355 e. The number of halogens is 2. The van der Waals surface area contributed by atoms with Crippen LogP contribution in [0.25, 0.3) is 0 Å². The van der Waals surface area contributed by atoms with Gasteiger partial charge in [0.15, 0.2) is 12.6 Å². The number of ether oxygens (including phenoxy) is 4. The van der Waals surface area contributed by atoms with E-state index in [0.29, 0.717) is 0 Å². The van der Waals surface area contributed by atoms with Crippen molar-refractivity contribution < 1.29 is 18.9 Å². The Morgan fingerprint density at radius 1 is 0.613 bits per heavy atom. The van der Waals surface area contributed by atoms with E-state index in [1.54, 1.807) is 21.3 Å². The molecule has 0 saturated heterocycles. The van der Waals surface area contributed by atoms with E-state index in [-0.39, 0.29) is 12.6 Å². The second kappa shape index (κ2) is 30.3. The topological polar surface area (TPSA) is 36.9 Å². The van der Waals surface area contributed by atoms with E-state index in [0.717, 1.165) is 30.1 Å². The van der Waals surface area contributed by atoms with E-state index in [9.17, 15) is 0 Å². The van der Waals surface area contributed by atoms with Gasteiger partial charge in [-0.05, 0) is 38.5 Å². The number of hydrogen-bond acceptors (Lipinski definition) is 4. The van der Waals surface area contributed by atoms with Crippen LogP contribution in [0, 0.1) is 0 Å². The highest BCUT2D eigenvalue weighted by Crippen LogP contribution is 2.09. The lowest BCUT2D eigenvalue weighted by atomic mass is 10.1. The number of unbranched alkanes of at least 4 members (excludes halogenated alkanes) is 9. The maximum absolute atomic E-state index is 5.58. The average molecular weight is 572 g/mol. The van der Waals surface area contributed by atoms with Gasteiger partial charge in [-0.2, -0.15) is 0 Å². The molecule has 4 nitrogen and oxygen atoms in total. The van der Waals surface area contributed by atoms with Crippen LogP contribution in [0.3, 0.4) is 0 Å². The second-order valence-electron chi connectivity index (χ2n) is 7.33. The molecule has 0 N–H and O–H groups in total. The Bertz CT molecular complexity index is 365. The lowest BCUT2D eigenvalue weighted by molar-refractivity contribution is -0.107. The zero-order valence-corrected chi connectivity index (χ0v) is 23.6. The van der Waals surface area contributed by atoms with Crippen LogP contribution < -0.4 is 0 Å². The summed E-state index contributed by atoms with van der Waals surface area (Å²) in [5, 5.41) is 1.46. The minimum absolute atomic E-state index is 0.0945. The van der Waals surface area contributed by atoms with Gasteiger partial charge in [0.05, 0.1) is 10.7 Å². The van der Waals surface area contributed by atoms with Gasteiger partial charge in [0, 0.05) is 27.9 Å². The summed E-state index contributed by atoms with van der Waals surface area (Å²) < 4.78 is 20.3. The Hall–Kier alpha value is 0.280. The Labute approximate surface area is 209 Å². The van der Waals surface area contributed by atoms with E-state index < -0.39 is 0 Å². The van der Waals surface area contributed by atoms with Crippen LogP contribution >= 0.6 is 31.9 Å². The van der Waals surface area contributed by atoms with Gasteiger partial charge >= 0.3 is 0 Å². The smallest absolute Gasteiger partial charge is 0.166 e. The lowest BCUT2D eigenvalue weighted by Crippen LogP contribution is -2.17. The average Bonchev–Trinajstić information content (AvgIpc) is 2.80. The molecule has 0 aliphatic carbocycles. The molecule has 0 aliphatic heterocycles. The Morgan fingerprint density at radius 2 is 1.10 bits per heavy atom. The number of allylic oxidation sites excluding steroid dienone is 4. The SMILES string of the molecule is CCCCC/C=C\C/C=C\CCCCCCCCOC(CBr)OC.COC(CBr)OC. The number of rotatable bonds is 21. The van der Waals surface area contributed by atoms with Gasteiger partial charge in [0.2, 0.25) is 0 Å². The zero-order chi connectivity index (χ0) is 23.4. The van der Waals surface area contributed by atoms with Crippen LogP contribution in [-0.2, 0) is 18.9 Å². The first kappa shape index (κ1) is 33.5. The predicted molar refractivity (Wildman–Crippen MR) is 142 cm³/mol. The predicted octanol–water partition coefficient (Wildman–Crippen LogP) is 8.18. The van der Waals surface area contributed by atoms with Gasteiger partial charge in [-0.15, -0.1) is 0 Å². The van der Waals surface area contributed by atoms with E-state index in [1.165, 1.54) is 64.2 Å². The Morgan fingerprint density at radius 3 is 1.55 bits per heavy atom. The van der Waals surface area contributed by atoms with Crippen molar-refractivity contribution >= 4 is 31.9 Å². The fourth-order valence-electron chi connectivity index (χ4n) is 2.70. The summed E-state index contributed by atoms with van der Waals surface area (Å²) in [7, 11) is 4.90. The highest BCUT2D eigenvalue weighted by Gasteiger charge is 2.03. The molecule has 0 bridgehead atoms. The van der Waals surface area contributed by atoms with Crippen molar-refractivity contribution in [3.8, 4) is 0 Å². The fraction of sp³-hybridized carbons (Fsp3) is 0.840. The first-order chi connectivity index (χ1) is 15.2. The van der Waals surface area contributed by atoms with E-state index in [2.05, 4.69) is 63.1 Å². The minimum Gasteiger partial charge on any atom is -0.355 e. The maximum Gasteiger partial charge on any atom is 0.166 e. The molecule has 186 valence electrons. The molecule has 1 atom stereocenters. The summed E-state index contributed by atoms with van der Waals surface area (Å²) in [4.78, 5) is 0. The van der Waals surface area contributed by atoms with Gasteiger partial charge in [-0.1, -0.05) is 102 Å². The molecule has 31 heavy (non-hydrogen) atoms. The highest BCUT2D eigenvalue weighted by atomic mass is 79.9. The first-order valence-corrected chi connectivity index (χ1v) is 14.1. The molecule has 0 amide bonds. The Balaban J connectivity index is 0. The molecule has 0 aromatic heterocycles. The van der Waals surface area contributed by atoms with Crippen molar-refractivity contribution in [3.63, 3.8) is 0 Å². The van der Waals surface area contributed by atoms with E-state index in [4.69, 9.17) is 18.9 Å². The van der Waals surface area contributed by atoms with Crippen LogP contribution in [0.4, 0.5) is 0 Å². The molecule has 0 rings (SSSR count). The summed E-state index contributed by atoms with van der Waals surface area (Å²) >= 11 is 6.55. The summed E-state index contributed by atoms with van der Waals surface area (Å²) in [5.74, 6) is 0. The third kappa shape index (κ3) is 28.2. The van der Waals surface area contributed by atoms with Crippen molar-refractivity contribution in [1.82, 2.24) is 0 Å². The summed E-state index contributed by atoms with van der Waals surface area (Å²) in [6.45, 7) is 3.06. The molecule has 0 heterocycles. The van der Waals surface area contributed by atoms with Gasteiger partial charge < -0.3 is 18.9 Å². The van der Waals surface area contributed by atoms with Gasteiger partial charge in [-0.3, -0.25) is 0 Å². The third-order valence-corrected chi connectivity index (χ3v) is 5.75. The van der Waals surface area contributed by atoms with Crippen LogP contribution in [-0.4, -0.2) is 51.2 Å². The number of methoxy groups -OCH3 is 3. The van der Waals surface area contributed by atoms with Crippen molar-refractivity contribution in [3.05, 3.63) is 24.3 Å². The molecule has 0 spiro atoms. The summed E-state index contributed by atoms with van der Waals surface area (Å²) in [6, 6.07) is 0. The summed E-state index contributed by atoms with van der Waals surface area (Å²) in [6.07, 6.45) is 24.4. The Kier molecular flexibility index (Phi) is 32.7. The van der Waals surface area contributed by atoms with Crippen molar-refractivity contribution in [2.24, 2.45) is 0 Å². The van der Waals surface area contributed by atoms with Crippen LogP contribution in [0.15, 0.2) is 24.3 Å². The highest BCUT2D eigenvalue weighted by molar-refractivity contribution is 9.09. The molecule has 0 radical (unpaired) electrons. The molecular formula is C25H48Br2O4. The number of alkyl halides is 2. The molecule has 0 aromatic rings. The fourth-order valence-corrected chi connectivity index (χ4v) is 3.68. The van der Waals surface area contributed by atoms with E-state index in [1.807, 2.05) is 0 Å². The van der Waals surface area contributed by atoms with Crippen LogP contribution in [0.2, 0.25) is 0 Å². The minimum atomic E-state index is -0.0972. The molecule has 0 aromatic carbocycles. The van der Waals surface area contributed by atoms with Crippen molar-refractivity contribution in [2.75, 3.05) is 38.6 Å². The number of hydrogen-bond donors (Lipinski definition) is 0. The summed E-state index contributed by atoms with van der Waals surface area (Å²) in [5.41, 5.74) is 0. The van der Waals surface area contributed by atoms with Gasteiger partial charge in [-0.25, -0.2) is 0 Å². The first-order valence-electron chi connectivity index (χ1n) is 11.8. The van der Waals surface area contributed by atoms with E-state index >= 15 is 0 Å². The molecular weight excluding hydrogens is 524 g/mol. The molecule has 6 heteroatoms.